The van der Waals surface area contributed by atoms with E-state index in [1.807, 2.05) is 0 Å². The van der Waals surface area contributed by atoms with Gasteiger partial charge in [0, 0.05) is 13.2 Å². The SMILES string of the molecule is CCCNCc1cc(Br)c(OCCOCCC)c(Br)c1. The lowest BCUT2D eigenvalue weighted by molar-refractivity contribution is 0.100. The number of benzene rings is 1. The first-order valence-electron chi connectivity index (χ1n) is 7.08. The third kappa shape index (κ3) is 6.57. The minimum absolute atomic E-state index is 0.560. The van der Waals surface area contributed by atoms with Crippen LogP contribution in [0.2, 0.25) is 0 Å². The van der Waals surface area contributed by atoms with E-state index in [1.54, 1.807) is 0 Å². The van der Waals surface area contributed by atoms with Crippen molar-refractivity contribution in [3.8, 4) is 5.75 Å². The van der Waals surface area contributed by atoms with E-state index in [0.29, 0.717) is 13.2 Å². The van der Waals surface area contributed by atoms with Gasteiger partial charge in [-0.3, -0.25) is 0 Å². The molecule has 1 N–H and O–H groups in total. The van der Waals surface area contributed by atoms with Crippen LogP contribution < -0.4 is 10.1 Å². The van der Waals surface area contributed by atoms with Gasteiger partial charge < -0.3 is 14.8 Å². The van der Waals surface area contributed by atoms with E-state index >= 15 is 0 Å². The van der Waals surface area contributed by atoms with Crippen molar-refractivity contribution in [1.29, 1.82) is 0 Å². The molecule has 0 heterocycles. The van der Waals surface area contributed by atoms with Crippen LogP contribution in [-0.4, -0.2) is 26.4 Å². The second-order valence-electron chi connectivity index (χ2n) is 4.53. The van der Waals surface area contributed by atoms with Crippen molar-refractivity contribution in [3.63, 3.8) is 0 Å². The zero-order valence-corrected chi connectivity index (χ0v) is 15.3. The predicted octanol–water partition coefficient (Wildman–Crippen LogP) is 4.52. The normalized spacial score (nSPS) is 10.8. The van der Waals surface area contributed by atoms with Crippen molar-refractivity contribution in [2.24, 2.45) is 0 Å². The van der Waals surface area contributed by atoms with Crippen LogP contribution in [0.3, 0.4) is 0 Å². The van der Waals surface area contributed by atoms with Gasteiger partial charge in [-0.25, -0.2) is 0 Å². The Bertz CT molecular complexity index is 376. The van der Waals surface area contributed by atoms with Crippen molar-refractivity contribution in [1.82, 2.24) is 5.32 Å². The Morgan fingerprint density at radius 1 is 1.00 bits per heavy atom. The molecule has 1 aromatic rings. The minimum Gasteiger partial charge on any atom is -0.489 e. The summed E-state index contributed by atoms with van der Waals surface area (Å²) in [7, 11) is 0. The second kappa shape index (κ2) is 10.6. The quantitative estimate of drug-likeness (QED) is 0.577. The highest BCUT2D eigenvalue weighted by molar-refractivity contribution is 9.11. The molecule has 1 rings (SSSR count). The predicted molar refractivity (Wildman–Crippen MR) is 90.4 cm³/mol. The van der Waals surface area contributed by atoms with Crippen molar-refractivity contribution < 1.29 is 9.47 Å². The molecule has 0 aliphatic heterocycles. The summed E-state index contributed by atoms with van der Waals surface area (Å²) in [5, 5.41) is 3.39. The summed E-state index contributed by atoms with van der Waals surface area (Å²) in [4.78, 5) is 0. The van der Waals surface area contributed by atoms with Gasteiger partial charge >= 0.3 is 0 Å². The first-order chi connectivity index (χ1) is 9.69. The fraction of sp³-hybridized carbons (Fsp3) is 0.600. The molecule has 0 saturated carbocycles. The Hall–Kier alpha value is -0.100. The van der Waals surface area contributed by atoms with Gasteiger partial charge in [-0.2, -0.15) is 0 Å². The topological polar surface area (TPSA) is 30.5 Å². The van der Waals surface area contributed by atoms with Crippen LogP contribution >= 0.6 is 31.9 Å². The van der Waals surface area contributed by atoms with E-state index in [1.165, 1.54) is 5.56 Å². The van der Waals surface area contributed by atoms with E-state index in [0.717, 1.165) is 47.2 Å². The van der Waals surface area contributed by atoms with E-state index in [4.69, 9.17) is 9.47 Å². The van der Waals surface area contributed by atoms with Crippen LogP contribution in [-0.2, 0) is 11.3 Å². The molecule has 20 heavy (non-hydrogen) atoms. The van der Waals surface area contributed by atoms with Crippen molar-refractivity contribution in [2.45, 2.75) is 33.2 Å². The number of ether oxygens (including phenoxy) is 2. The summed E-state index contributed by atoms with van der Waals surface area (Å²) >= 11 is 7.13. The average Bonchev–Trinajstić information content (AvgIpc) is 2.41. The minimum atomic E-state index is 0.560. The maximum Gasteiger partial charge on any atom is 0.147 e. The first kappa shape index (κ1) is 18.0. The van der Waals surface area contributed by atoms with E-state index < -0.39 is 0 Å². The maximum atomic E-state index is 5.76. The number of hydrogen-bond acceptors (Lipinski definition) is 3. The van der Waals surface area contributed by atoms with Gasteiger partial charge in [0.1, 0.15) is 12.4 Å². The second-order valence-corrected chi connectivity index (χ2v) is 6.23. The molecule has 0 saturated heterocycles. The highest BCUT2D eigenvalue weighted by Crippen LogP contribution is 2.34. The third-order valence-corrected chi connectivity index (χ3v) is 3.81. The van der Waals surface area contributed by atoms with Crippen LogP contribution in [0.25, 0.3) is 0 Å². The molecular formula is C15H23Br2NO2. The van der Waals surface area contributed by atoms with Gasteiger partial charge in [0.15, 0.2) is 0 Å². The fourth-order valence-corrected chi connectivity index (χ4v) is 3.22. The van der Waals surface area contributed by atoms with Crippen molar-refractivity contribution in [2.75, 3.05) is 26.4 Å². The number of hydrogen-bond donors (Lipinski definition) is 1. The first-order valence-corrected chi connectivity index (χ1v) is 8.66. The molecule has 0 amide bonds. The summed E-state index contributed by atoms with van der Waals surface area (Å²) in [5.74, 6) is 0.837. The average molecular weight is 409 g/mol. The van der Waals surface area contributed by atoms with Gasteiger partial charge in [0.25, 0.3) is 0 Å². The summed E-state index contributed by atoms with van der Waals surface area (Å²) in [6.45, 7) is 8.12. The Balaban J connectivity index is 2.51. The van der Waals surface area contributed by atoms with Gasteiger partial charge in [-0.15, -0.1) is 0 Å². The monoisotopic (exact) mass is 407 g/mol. The molecule has 0 unspecified atom stereocenters. The fourth-order valence-electron chi connectivity index (χ4n) is 1.71. The Kier molecular flexibility index (Phi) is 9.52. The number of halogens is 2. The molecule has 114 valence electrons. The van der Waals surface area contributed by atoms with Crippen LogP contribution in [0.1, 0.15) is 32.3 Å². The van der Waals surface area contributed by atoms with Gasteiger partial charge in [-0.1, -0.05) is 13.8 Å². The van der Waals surface area contributed by atoms with Crippen molar-refractivity contribution in [3.05, 3.63) is 26.6 Å². The lowest BCUT2D eigenvalue weighted by Gasteiger charge is -2.13. The Labute approximate surface area is 138 Å². The Morgan fingerprint density at radius 3 is 2.30 bits per heavy atom. The molecule has 0 spiro atoms. The van der Waals surface area contributed by atoms with Crippen molar-refractivity contribution >= 4 is 31.9 Å². The summed E-state index contributed by atoms with van der Waals surface area (Å²) in [6.07, 6.45) is 2.17. The summed E-state index contributed by atoms with van der Waals surface area (Å²) in [5.41, 5.74) is 1.23. The highest BCUT2D eigenvalue weighted by atomic mass is 79.9. The van der Waals surface area contributed by atoms with E-state index in [-0.39, 0.29) is 0 Å². The standard InChI is InChI=1S/C15H23Br2NO2/c1-3-5-18-11-12-9-13(16)15(14(17)10-12)20-8-7-19-6-4-2/h9-10,18H,3-8,11H2,1-2H3. The molecule has 0 bridgehead atoms. The molecule has 0 atom stereocenters. The van der Waals surface area contributed by atoms with Gasteiger partial charge in [-0.05, 0) is 68.9 Å². The lowest BCUT2D eigenvalue weighted by Crippen LogP contribution is -2.14. The van der Waals surface area contributed by atoms with Crippen LogP contribution in [0.5, 0.6) is 5.75 Å². The molecular weight excluding hydrogens is 386 g/mol. The van der Waals surface area contributed by atoms with Crippen LogP contribution in [0.4, 0.5) is 0 Å². The molecule has 0 aromatic heterocycles. The van der Waals surface area contributed by atoms with Crippen LogP contribution in [0, 0.1) is 0 Å². The summed E-state index contributed by atoms with van der Waals surface area (Å²) in [6, 6.07) is 4.19. The maximum absolute atomic E-state index is 5.76. The zero-order valence-electron chi connectivity index (χ0n) is 12.2. The Morgan fingerprint density at radius 2 is 1.70 bits per heavy atom. The van der Waals surface area contributed by atoms with Gasteiger partial charge in [0.05, 0.1) is 15.6 Å². The highest BCUT2D eigenvalue weighted by Gasteiger charge is 2.09. The van der Waals surface area contributed by atoms with E-state index in [2.05, 4.69) is 63.2 Å². The van der Waals surface area contributed by atoms with E-state index in [9.17, 15) is 0 Å². The molecule has 5 heteroatoms. The largest absolute Gasteiger partial charge is 0.489 e. The summed E-state index contributed by atoms with van der Waals surface area (Å²) < 4.78 is 13.1. The zero-order chi connectivity index (χ0) is 14.8. The molecule has 0 aliphatic rings. The smallest absolute Gasteiger partial charge is 0.147 e. The lowest BCUT2D eigenvalue weighted by atomic mass is 10.2. The molecule has 0 radical (unpaired) electrons. The van der Waals surface area contributed by atoms with Gasteiger partial charge in [0.2, 0.25) is 0 Å². The third-order valence-electron chi connectivity index (χ3n) is 2.64. The number of nitrogens with one attached hydrogen (secondary N) is 1. The molecule has 3 nitrogen and oxygen atoms in total. The number of rotatable bonds is 10. The molecule has 0 fully saturated rings. The molecule has 1 aromatic carbocycles. The molecule has 0 aliphatic carbocycles. The van der Waals surface area contributed by atoms with Crippen LogP contribution in [0.15, 0.2) is 21.1 Å².